The average molecular weight is 423 g/mol. The Hall–Kier alpha value is -1.84. The third-order valence-corrected chi connectivity index (χ3v) is 5.82. The maximum Gasteiger partial charge on any atom is 0.329 e. The van der Waals surface area contributed by atoms with E-state index in [-0.39, 0.29) is 17.0 Å². The van der Waals surface area contributed by atoms with Gasteiger partial charge in [0.25, 0.3) is 0 Å². The van der Waals surface area contributed by atoms with Gasteiger partial charge < -0.3 is 14.4 Å². The summed E-state index contributed by atoms with van der Waals surface area (Å²) in [4.78, 5) is 14.7. The van der Waals surface area contributed by atoms with E-state index in [4.69, 9.17) is 21.1 Å². The number of hydrogen-bond acceptors (Lipinski definition) is 5. The zero-order valence-corrected chi connectivity index (χ0v) is 17.9. The molecule has 0 amide bonds. The van der Waals surface area contributed by atoms with Crippen LogP contribution in [-0.2, 0) is 14.3 Å². The summed E-state index contributed by atoms with van der Waals surface area (Å²) in [6.07, 6.45) is 2.84. The number of esters is 1. The monoisotopic (exact) mass is 422 g/mol. The lowest BCUT2D eigenvalue weighted by Crippen LogP contribution is -2.45. The summed E-state index contributed by atoms with van der Waals surface area (Å²) in [7, 11) is 0. The molecule has 2 heterocycles. The normalized spacial score (nSPS) is 25.7. The molecular formula is C22H28ClFN2O3. The summed E-state index contributed by atoms with van der Waals surface area (Å²) in [6.45, 7) is 6.79. The molecule has 0 aliphatic carbocycles. The maximum absolute atomic E-state index is 14.9. The minimum absolute atomic E-state index is 0.267. The fourth-order valence-corrected chi connectivity index (χ4v) is 4.45. The van der Waals surface area contributed by atoms with Crippen molar-refractivity contribution in [3.63, 3.8) is 0 Å². The van der Waals surface area contributed by atoms with Crippen LogP contribution in [0.3, 0.4) is 0 Å². The smallest absolute Gasteiger partial charge is 0.329 e. The van der Waals surface area contributed by atoms with Gasteiger partial charge in [0.15, 0.2) is 0 Å². The van der Waals surface area contributed by atoms with E-state index in [1.807, 2.05) is 0 Å². The molecule has 3 unspecified atom stereocenters. The summed E-state index contributed by atoms with van der Waals surface area (Å²) >= 11 is 5.94. The highest BCUT2D eigenvalue weighted by molar-refractivity contribution is 6.30. The molecule has 7 heteroatoms. The molecule has 0 N–H and O–H groups in total. The van der Waals surface area contributed by atoms with Crippen LogP contribution in [0.4, 0.5) is 10.1 Å². The first-order chi connectivity index (χ1) is 13.7. The number of carbonyl (C=O) groups is 1. The molecule has 3 rings (SSSR count). The number of hydrogen-bond donors (Lipinski definition) is 0. The molecule has 5 nitrogen and oxygen atoms in total. The molecule has 0 radical (unpaired) electrons. The maximum atomic E-state index is 14.9. The first kappa shape index (κ1) is 21.9. The third kappa shape index (κ3) is 5.21. The van der Waals surface area contributed by atoms with E-state index in [1.165, 1.54) is 6.07 Å². The minimum atomic E-state index is -0.709. The Morgan fingerprint density at radius 1 is 1.38 bits per heavy atom. The predicted molar refractivity (Wildman–Crippen MR) is 109 cm³/mol. The Morgan fingerprint density at radius 3 is 2.66 bits per heavy atom. The van der Waals surface area contributed by atoms with E-state index >= 15 is 0 Å². The van der Waals surface area contributed by atoms with Crippen LogP contribution < -0.4 is 4.90 Å². The Labute approximate surface area is 176 Å². The van der Waals surface area contributed by atoms with E-state index in [0.29, 0.717) is 37.7 Å². The van der Waals surface area contributed by atoms with Crippen LogP contribution in [0, 0.1) is 29.0 Å². The zero-order valence-electron chi connectivity index (χ0n) is 17.2. The molecule has 0 bridgehead atoms. The standard InChI is InChI=1S/C22H28ClFN2O3/c1-22(2,3)29-21(27)20-11-15(13-25)19(10-14-6-8-28-9-7-14)26(20)18-5-4-16(23)12-17(18)24/h4-5,12,14-15,19-20H,6-11H2,1-3H3. The van der Waals surface area contributed by atoms with Crippen molar-refractivity contribution in [1.29, 1.82) is 5.26 Å². The Balaban J connectivity index is 1.96. The number of anilines is 1. The highest BCUT2D eigenvalue weighted by Gasteiger charge is 2.47. The molecule has 29 heavy (non-hydrogen) atoms. The molecule has 2 fully saturated rings. The van der Waals surface area contributed by atoms with Crippen molar-refractivity contribution in [2.45, 2.75) is 64.1 Å². The molecular weight excluding hydrogens is 395 g/mol. The summed E-state index contributed by atoms with van der Waals surface area (Å²) in [5.41, 5.74) is -0.373. The van der Waals surface area contributed by atoms with Crippen molar-refractivity contribution in [3.05, 3.63) is 29.0 Å². The molecule has 1 aromatic carbocycles. The molecule has 0 saturated carbocycles. The lowest BCUT2D eigenvalue weighted by molar-refractivity contribution is -0.156. The van der Waals surface area contributed by atoms with Gasteiger partial charge in [0.05, 0.1) is 17.7 Å². The highest BCUT2D eigenvalue weighted by atomic mass is 35.5. The molecule has 0 aromatic heterocycles. The topological polar surface area (TPSA) is 62.6 Å². The zero-order chi connectivity index (χ0) is 21.2. The Kier molecular flexibility index (Phi) is 6.70. The summed E-state index contributed by atoms with van der Waals surface area (Å²) in [5, 5.41) is 10.1. The first-order valence-corrected chi connectivity index (χ1v) is 10.5. The van der Waals surface area contributed by atoms with Gasteiger partial charge >= 0.3 is 5.97 Å². The van der Waals surface area contributed by atoms with E-state index in [1.54, 1.807) is 37.8 Å². The fourth-order valence-electron chi connectivity index (χ4n) is 4.29. The number of rotatable bonds is 4. The largest absolute Gasteiger partial charge is 0.458 e. The van der Waals surface area contributed by atoms with E-state index in [9.17, 15) is 14.4 Å². The van der Waals surface area contributed by atoms with Gasteiger partial charge in [0, 0.05) is 24.3 Å². The van der Waals surface area contributed by atoms with Gasteiger partial charge in [-0.3, -0.25) is 0 Å². The van der Waals surface area contributed by atoms with Gasteiger partial charge in [-0.25, -0.2) is 9.18 Å². The summed E-state index contributed by atoms with van der Waals surface area (Å²) in [6, 6.07) is 5.82. The quantitative estimate of drug-likeness (QED) is 0.656. The highest BCUT2D eigenvalue weighted by Crippen LogP contribution is 2.41. The van der Waals surface area contributed by atoms with Gasteiger partial charge in [-0.1, -0.05) is 11.6 Å². The molecule has 2 saturated heterocycles. The Bertz CT molecular complexity index is 783. The molecule has 3 atom stereocenters. The van der Waals surface area contributed by atoms with E-state index in [0.717, 1.165) is 12.8 Å². The van der Waals surface area contributed by atoms with Crippen molar-refractivity contribution < 1.29 is 18.7 Å². The van der Waals surface area contributed by atoms with Crippen LogP contribution in [-0.4, -0.2) is 36.9 Å². The van der Waals surface area contributed by atoms with Crippen LogP contribution in [0.5, 0.6) is 0 Å². The summed E-state index contributed by atoms with van der Waals surface area (Å²) in [5.74, 6) is -0.937. The van der Waals surface area contributed by atoms with Crippen LogP contribution in [0.15, 0.2) is 18.2 Å². The van der Waals surface area contributed by atoms with Gasteiger partial charge in [0.1, 0.15) is 17.5 Å². The average Bonchev–Trinajstić information content (AvgIpc) is 2.99. The molecule has 158 valence electrons. The van der Waals surface area contributed by atoms with Crippen molar-refractivity contribution in [2.24, 2.45) is 11.8 Å². The number of nitrogens with zero attached hydrogens (tertiary/aromatic N) is 2. The SMILES string of the molecule is CC(C)(C)OC(=O)C1CC(C#N)C(CC2CCOCC2)N1c1ccc(Cl)cc1F. The number of carbonyl (C=O) groups excluding carboxylic acids is 1. The lowest BCUT2D eigenvalue weighted by Gasteiger charge is -2.36. The van der Waals surface area contributed by atoms with Gasteiger partial charge in [-0.05, 0) is 70.6 Å². The van der Waals surface area contributed by atoms with Crippen molar-refractivity contribution in [1.82, 2.24) is 0 Å². The first-order valence-electron chi connectivity index (χ1n) is 10.1. The van der Waals surface area contributed by atoms with E-state index in [2.05, 4.69) is 6.07 Å². The Morgan fingerprint density at radius 2 is 2.07 bits per heavy atom. The summed E-state index contributed by atoms with van der Waals surface area (Å²) < 4.78 is 25.9. The van der Waals surface area contributed by atoms with Crippen LogP contribution in [0.25, 0.3) is 0 Å². The molecule has 0 spiro atoms. The van der Waals surface area contributed by atoms with Gasteiger partial charge in [-0.2, -0.15) is 5.26 Å². The minimum Gasteiger partial charge on any atom is -0.458 e. The molecule has 1 aromatic rings. The number of nitriles is 1. The van der Waals surface area contributed by atoms with Crippen molar-refractivity contribution in [3.8, 4) is 6.07 Å². The van der Waals surface area contributed by atoms with Crippen molar-refractivity contribution in [2.75, 3.05) is 18.1 Å². The second-order valence-electron chi connectivity index (χ2n) is 8.88. The van der Waals surface area contributed by atoms with Gasteiger partial charge in [-0.15, -0.1) is 0 Å². The van der Waals surface area contributed by atoms with E-state index < -0.39 is 23.4 Å². The van der Waals surface area contributed by atoms with Gasteiger partial charge in [0.2, 0.25) is 0 Å². The number of benzene rings is 1. The van der Waals surface area contributed by atoms with Crippen LogP contribution in [0.1, 0.15) is 46.5 Å². The number of halogens is 2. The molecule has 2 aliphatic rings. The molecule has 2 aliphatic heterocycles. The second-order valence-corrected chi connectivity index (χ2v) is 9.32. The van der Waals surface area contributed by atoms with Crippen LogP contribution in [0.2, 0.25) is 5.02 Å². The predicted octanol–water partition coefficient (Wildman–Crippen LogP) is 4.72. The third-order valence-electron chi connectivity index (χ3n) is 5.58. The lowest BCUT2D eigenvalue weighted by atomic mass is 9.87. The second kappa shape index (κ2) is 8.89. The van der Waals surface area contributed by atoms with Crippen LogP contribution >= 0.6 is 11.6 Å². The number of ether oxygens (including phenoxy) is 2. The van der Waals surface area contributed by atoms with Crippen molar-refractivity contribution >= 4 is 23.3 Å². The fraction of sp³-hybridized carbons (Fsp3) is 0.636.